The van der Waals surface area contributed by atoms with Crippen molar-refractivity contribution in [2.24, 2.45) is 5.10 Å². The fraction of sp³-hybridized carbons (Fsp3) is 0.108. The maximum atomic E-state index is 12.8. The van der Waals surface area contributed by atoms with Crippen molar-refractivity contribution in [2.75, 3.05) is 0 Å². The van der Waals surface area contributed by atoms with Crippen LogP contribution in [-0.2, 0) is 13.2 Å². The van der Waals surface area contributed by atoms with Gasteiger partial charge in [-0.2, -0.15) is 10.4 Å². The van der Waals surface area contributed by atoms with Crippen LogP contribution < -0.4 is 14.9 Å². The van der Waals surface area contributed by atoms with Gasteiger partial charge in [0.15, 0.2) is 5.76 Å². The molecule has 0 aliphatic heterocycles. The van der Waals surface area contributed by atoms with Gasteiger partial charge in [-0.1, -0.05) is 48.5 Å². The largest absolute Gasteiger partial charge is 0.488 e. The van der Waals surface area contributed by atoms with Gasteiger partial charge in [-0.3, -0.25) is 4.79 Å². The molecule has 0 saturated carbocycles. The van der Waals surface area contributed by atoms with Crippen molar-refractivity contribution in [1.82, 2.24) is 9.99 Å². The number of nitrogens with zero attached hydrogens (tertiary/aromatic N) is 3. The molecule has 0 spiro atoms. The number of rotatable bonds is 10. The first-order valence-electron chi connectivity index (χ1n) is 14.4. The summed E-state index contributed by atoms with van der Waals surface area (Å²) < 4.78 is 19.9. The number of aromatic nitrogens is 1. The number of hydrogen-bond donors (Lipinski definition) is 1. The number of nitriles is 1. The Labute approximate surface area is 260 Å². The quantitative estimate of drug-likeness (QED) is 0.130. The number of hydrogen-bond acceptors (Lipinski definition) is 6. The molecule has 6 aromatic rings. The summed E-state index contributed by atoms with van der Waals surface area (Å²) in [7, 11) is 0. The average molecular weight is 595 g/mol. The Morgan fingerprint density at radius 2 is 1.62 bits per heavy atom. The van der Waals surface area contributed by atoms with Gasteiger partial charge in [0.1, 0.15) is 30.5 Å². The second kappa shape index (κ2) is 13.1. The van der Waals surface area contributed by atoms with E-state index in [4.69, 9.17) is 13.9 Å². The van der Waals surface area contributed by atoms with Gasteiger partial charge in [-0.15, -0.1) is 0 Å². The molecule has 2 heterocycles. The molecule has 0 radical (unpaired) electrons. The molecule has 2 aromatic heterocycles. The number of aryl methyl sites for hydroxylation is 2. The van der Waals surface area contributed by atoms with Gasteiger partial charge in [0, 0.05) is 28.2 Å². The standard InChI is InChI=1S/C37H30N4O4/c1-25-11-12-26(2)41(25)30-14-16-31(17-15-30)43-24-32-18-20-36(45-32)37(42)40-39-22-34-33-10-6-5-7-27(33)13-19-35(34)44-23-29-9-4-3-8-28(29)21-38/h3-20,22H,23-24H2,1-2H3,(H,40,42)/b39-22+. The Morgan fingerprint density at radius 1 is 0.867 bits per heavy atom. The smallest absolute Gasteiger partial charge is 0.307 e. The van der Waals surface area contributed by atoms with Crippen LogP contribution in [0.25, 0.3) is 16.5 Å². The topological polar surface area (TPSA) is 102 Å². The zero-order chi connectivity index (χ0) is 31.2. The van der Waals surface area contributed by atoms with Crippen LogP contribution in [0.3, 0.4) is 0 Å². The number of benzene rings is 4. The Morgan fingerprint density at radius 3 is 2.42 bits per heavy atom. The number of carbonyl (C=O) groups excluding carboxylic acids is 1. The molecule has 0 bridgehead atoms. The minimum absolute atomic E-state index is 0.113. The van der Waals surface area contributed by atoms with Gasteiger partial charge in [-0.25, -0.2) is 5.43 Å². The maximum Gasteiger partial charge on any atom is 0.307 e. The first kappa shape index (κ1) is 29.0. The fourth-order valence-corrected chi connectivity index (χ4v) is 5.16. The Kier molecular flexibility index (Phi) is 8.42. The number of carbonyl (C=O) groups is 1. The summed E-state index contributed by atoms with van der Waals surface area (Å²) in [5, 5.41) is 15.5. The molecule has 0 aliphatic carbocycles. The van der Waals surface area contributed by atoms with E-state index in [9.17, 15) is 10.1 Å². The molecular formula is C37H30N4O4. The zero-order valence-electron chi connectivity index (χ0n) is 24.9. The molecule has 1 amide bonds. The van der Waals surface area contributed by atoms with Crippen molar-refractivity contribution in [2.45, 2.75) is 27.1 Å². The molecule has 0 atom stereocenters. The predicted octanol–water partition coefficient (Wildman–Crippen LogP) is 7.63. The summed E-state index contributed by atoms with van der Waals surface area (Å²) in [6.07, 6.45) is 1.55. The lowest BCUT2D eigenvalue weighted by Crippen LogP contribution is -2.17. The van der Waals surface area contributed by atoms with Gasteiger partial charge in [-0.05, 0) is 85.3 Å². The second-order valence-corrected chi connectivity index (χ2v) is 10.5. The number of nitrogens with one attached hydrogen (secondary N) is 1. The molecule has 0 aliphatic rings. The van der Waals surface area contributed by atoms with Crippen LogP contribution >= 0.6 is 0 Å². The van der Waals surface area contributed by atoms with E-state index in [2.05, 4.69) is 47.1 Å². The Hall–Kier alpha value is -6.07. The van der Waals surface area contributed by atoms with Crippen LogP contribution in [0.1, 0.15) is 44.4 Å². The summed E-state index contributed by atoms with van der Waals surface area (Å²) >= 11 is 0. The third kappa shape index (κ3) is 6.48. The monoisotopic (exact) mass is 594 g/mol. The molecule has 8 nitrogen and oxygen atoms in total. The van der Waals surface area contributed by atoms with E-state index in [-0.39, 0.29) is 19.0 Å². The third-order valence-electron chi connectivity index (χ3n) is 7.44. The number of ether oxygens (including phenoxy) is 2. The van der Waals surface area contributed by atoms with E-state index in [1.54, 1.807) is 24.4 Å². The number of hydrazone groups is 1. The van der Waals surface area contributed by atoms with Crippen molar-refractivity contribution < 1.29 is 18.7 Å². The van der Waals surface area contributed by atoms with Crippen LogP contribution in [0, 0.1) is 25.2 Å². The number of amides is 1. The normalized spacial score (nSPS) is 11.0. The number of fused-ring (bicyclic) bond motifs is 1. The van der Waals surface area contributed by atoms with Crippen molar-refractivity contribution in [3.8, 4) is 23.3 Å². The third-order valence-corrected chi connectivity index (χ3v) is 7.44. The van der Waals surface area contributed by atoms with Crippen molar-refractivity contribution in [1.29, 1.82) is 5.26 Å². The lowest BCUT2D eigenvalue weighted by atomic mass is 10.0. The highest BCUT2D eigenvalue weighted by molar-refractivity contribution is 6.03. The van der Waals surface area contributed by atoms with Crippen LogP contribution in [0.4, 0.5) is 0 Å². The molecule has 0 saturated heterocycles. The van der Waals surface area contributed by atoms with Gasteiger partial charge < -0.3 is 18.5 Å². The SMILES string of the molecule is Cc1ccc(C)n1-c1ccc(OCc2ccc(C(=O)N/N=C/c3c(OCc4ccccc4C#N)ccc4ccccc34)o2)cc1. The lowest BCUT2D eigenvalue weighted by Gasteiger charge is -2.12. The first-order valence-corrected chi connectivity index (χ1v) is 14.4. The summed E-state index contributed by atoms with van der Waals surface area (Å²) in [6.45, 7) is 4.53. The average Bonchev–Trinajstić information content (AvgIpc) is 3.69. The second-order valence-electron chi connectivity index (χ2n) is 10.5. The zero-order valence-corrected chi connectivity index (χ0v) is 24.9. The highest BCUT2D eigenvalue weighted by Crippen LogP contribution is 2.28. The molecule has 8 heteroatoms. The van der Waals surface area contributed by atoms with E-state index >= 15 is 0 Å². The number of furan rings is 1. The van der Waals surface area contributed by atoms with Gasteiger partial charge in [0.25, 0.3) is 0 Å². The molecule has 0 fully saturated rings. The molecular weight excluding hydrogens is 564 g/mol. The molecule has 45 heavy (non-hydrogen) atoms. The molecule has 222 valence electrons. The van der Waals surface area contributed by atoms with Crippen LogP contribution in [0.15, 0.2) is 119 Å². The van der Waals surface area contributed by atoms with Gasteiger partial charge in [0.05, 0.1) is 17.8 Å². The predicted molar refractivity (Wildman–Crippen MR) is 173 cm³/mol. The molecule has 6 rings (SSSR count). The minimum atomic E-state index is -0.495. The summed E-state index contributed by atoms with van der Waals surface area (Å²) in [4.78, 5) is 12.8. The highest BCUT2D eigenvalue weighted by atomic mass is 16.5. The molecule has 0 unspecified atom stereocenters. The van der Waals surface area contributed by atoms with E-state index < -0.39 is 5.91 Å². The Bertz CT molecular complexity index is 2030. The van der Waals surface area contributed by atoms with E-state index in [1.165, 1.54) is 0 Å². The summed E-state index contributed by atoms with van der Waals surface area (Å²) in [6, 6.07) is 36.4. The molecule has 4 aromatic carbocycles. The van der Waals surface area contributed by atoms with Gasteiger partial charge >= 0.3 is 5.91 Å². The van der Waals surface area contributed by atoms with Crippen LogP contribution in [0.2, 0.25) is 0 Å². The minimum Gasteiger partial charge on any atom is -0.488 e. The van der Waals surface area contributed by atoms with E-state index in [0.717, 1.165) is 33.4 Å². The van der Waals surface area contributed by atoms with Crippen molar-refractivity contribution in [3.63, 3.8) is 0 Å². The van der Waals surface area contributed by atoms with E-state index in [0.29, 0.717) is 28.4 Å². The summed E-state index contributed by atoms with van der Waals surface area (Å²) in [5.41, 5.74) is 7.96. The first-order chi connectivity index (χ1) is 22.0. The van der Waals surface area contributed by atoms with Crippen molar-refractivity contribution in [3.05, 3.63) is 149 Å². The van der Waals surface area contributed by atoms with Crippen LogP contribution in [0.5, 0.6) is 11.5 Å². The summed E-state index contributed by atoms with van der Waals surface area (Å²) in [5.74, 6) is 1.39. The van der Waals surface area contributed by atoms with Crippen molar-refractivity contribution >= 4 is 22.9 Å². The van der Waals surface area contributed by atoms with E-state index in [1.807, 2.05) is 78.9 Å². The maximum absolute atomic E-state index is 12.8. The van der Waals surface area contributed by atoms with Gasteiger partial charge in [0.2, 0.25) is 0 Å². The van der Waals surface area contributed by atoms with Crippen LogP contribution in [-0.4, -0.2) is 16.7 Å². The molecule has 1 N–H and O–H groups in total. The Balaban J connectivity index is 1.10. The highest BCUT2D eigenvalue weighted by Gasteiger charge is 2.13. The lowest BCUT2D eigenvalue weighted by molar-refractivity contribution is 0.0923. The fourth-order valence-electron chi connectivity index (χ4n) is 5.16.